The number of amides is 1. The Morgan fingerprint density at radius 2 is 2.24 bits per heavy atom. The summed E-state index contributed by atoms with van der Waals surface area (Å²) >= 11 is 2.07. The maximum absolute atomic E-state index is 13.9. The van der Waals surface area contributed by atoms with Gasteiger partial charge in [0.05, 0.1) is 18.4 Å². The van der Waals surface area contributed by atoms with Gasteiger partial charge in [-0.2, -0.15) is 5.10 Å². The highest BCUT2D eigenvalue weighted by atomic mass is 127. The molecule has 9 heteroatoms. The largest absolute Gasteiger partial charge is 0.354 e. The van der Waals surface area contributed by atoms with E-state index in [1.54, 1.807) is 0 Å². The summed E-state index contributed by atoms with van der Waals surface area (Å²) in [5.41, 5.74) is 0.927. The summed E-state index contributed by atoms with van der Waals surface area (Å²) < 4.78 is 16.0. The average Bonchev–Trinajstić information content (AvgIpc) is 2.94. The Kier molecular flexibility index (Phi) is 5.53. The Balaban J connectivity index is 1.84. The maximum Gasteiger partial charge on any atom is 0.273 e. The minimum absolute atomic E-state index is 0.0573. The molecule has 0 aliphatic carbocycles. The second-order valence-electron chi connectivity index (χ2n) is 4.39. The summed E-state index contributed by atoms with van der Waals surface area (Å²) in [6, 6.07) is 3.67. The Bertz CT molecular complexity index is 602. The fourth-order valence-electron chi connectivity index (χ4n) is 1.70. The summed E-state index contributed by atoms with van der Waals surface area (Å²) in [6.07, 6.45) is 1.15. The molecule has 0 aliphatic heterocycles. The summed E-state index contributed by atoms with van der Waals surface area (Å²) in [7, 11) is 1.50. The molecule has 0 saturated heterocycles. The number of alkyl halides is 1. The molecule has 0 aromatic carbocycles. The SMILES string of the molecule is CNC(=O)c1cn(CC(F)CCc2ccc(I)nn2)nn1. The molecule has 1 atom stereocenters. The van der Waals surface area contributed by atoms with Gasteiger partial charge in [-0.3, -0.25) is 4.79 Å². The second kappa shape index (κ2) is 7.38. The third-order valence-corrected chi connectivity index (χ3v) is 3.36. The second-order valence-corrected chi connectivity index (χ2v) is 5.49. The zero-order chi connectivity index (χ0) is 15.2. The maximum atomic E-state index is 13.9. The van der Waals surface area contributed by atoms with E-state index in [2.05, 4.69) is 48.4 Å². The molecule has 2 heterocycles. The topological polar surface area (TPSA) is 85.6 Å². The molecule has 0 aliphatic rings. The number of carbonyl (C=O) groups excluding carboxylic acids is 1. The molecule has 1 unspecified atom stereocenters. The van der Waals surface area contributed by atoms with Gasteiger partial charge in [0.1, 0.15) is 9.87 Å². The van der Waals surface area contributed by atoms with Crippen LogP contribution in [0.25, 0.3) is 0 Å². The Morgan fingerprint density at radius 3 is 2.90 bits per heavy atom. The van der Waals surface area contributed by atoms with E-state index >= 15 is 0 Å². The fourth-order valence-corrected chi connectivity index (χ4v) is 1.98. The minimum Gasteiger partial charge on any atom is -0.354 e. The summed E-state index contributed by atoms with van der Waals surface area (Å²) in [5, 5.41) is 17.7. The zero-order valence-corrected chi connectivity index (χ0v) is 13.5. The monoisotopic (exact) mass is 404 g/mol. The molecule has 7 nitrogen and oxygen atoms in total. The average molecular weight is 404 g/mol. The van der Waals surface area contributed by atoms with Gasteiger partial charge in [-0.05, 0) is 47.6 Å². The lowest BCUT2D eigenvalue weighted by Crippen LogP contribution is -2.18. The molecule has 1 amide bonds. The molecule has 0 bridgehead atoms. The van der Waals surface area contributed by atoms with Gasteiger partial charge in [-0.25, -0.2) is 9.07 Å². The Hall–Kier alpha value is -1.65. The lowest BCUT2D eigenvalue weighted by molar-refractivity contribution is 0.0958. The molecule has 0 fully saturated rings. The number of nitrogens with one attached hydrogen (secondary N) is 1. The van der Waals surface area contributed by atoms with Gasteiger partial charge in [-0.15, -0.1) is 10.2 Å². The van der Waals surface area contributed by atoms with Gasteiger partial charge in [0.15, 0.2) is 5.69 Å². The van der Waals surface area contributed by atoms with Crippen molar-refractivity contribution in [3.05, 3.63) is 33.4 Å². The molecule has 0 spiro atoms. The number of nitrogens with zero attached hydrogens (tertiary/aromatic N) is 5. The van der Waals surface area contributed by atoms with Crippen molar-refractivity contribution in [2.24, 2.45) is 0 Å². The zero-order valence-electron chi connectivity index (χ0n) is 11.3. The van der Waals surface area contributed by atoms with Gasteiger partial charge in [0.2, 0.25) is 0 Å². The fraction of sp³-hybridized carbons (Fsp3) is 0.417. The van der Waals surface area contributed by atoms with Gasteiger partial charge in [-0.1, -0.05) is 5.21 Å². The van der Waals surface area contributed by atoms with Crippen molar-refractivity contribution in [3.8, 4) is 0 Å². The van der Waals surface area contributed by atoms with Crippen LogP contribution in [0, 0.1) is 3.70 Å². The van der Waals surface area contributed by atoms with Crippen molar-refractivity contribution < 1.29 is 9.18 Å². The van der Waals surface area contributed by atoms with Crippen molar-refractivity contribution >= 4 is 28.5 Å². The Morgan fingerprint density at radius 1 is 1.43 bits per heavy atom. The number of carbonyl (C=O) groups is 1. The van der Waals surface area contributed by atoms with E-state index in [0.29, 0.717) is 12.8 Å². The molecular weight excluding hydrogens is 390 g/mol. The van der Waals surface area contributed by atoms with E-state index in [9.17, 15) is 9.18 Å². The smallest absolute Gasteiger partial charge is 0.273 e. The van der Waals surface area contributed by atoms with Crippen LogP contribution in [0.3, 0.4) is 0 Å². The summed E-state index contributed by atoms with van der Waals surface area (Å²) in [5.74, 6) is -0.342. The number of rotatable bonds is 6. The summed E-state index contributed by atoms with van der Waals surface area (Å²) in [4.78, 5) is 11.3. The number of aromatic nitrogens is 5. The van der Waals surface area contributed by atoms with E-state index in [0.717, 1.165) is 9.39 Å². The van der Waals surface area contributed by atoms with Crippen LogP contribution in [0.2, 0.25) is 0 Å². The molecule has 0 saturated carbocycles. The first-order valence-electron chi connectivity index (χ1n) is 6.33. The Labute approximate surface area is 134 Å². The quantitative estimate of drug-likeness (QED) is 0.727. The van der Waals surface area contributed by atoms with Crippen LogP contribution >= 0.6 is 22.6 Å². The number of hydrogen-bond donors (Lipinski definition) is 1. The minimum atomic E-state index is -1.09. The molecule has 2 rings (SSSR count). The van der Waals surface area contributed by atoms with E-state index in [4.69, 9.17) is 0 Å². The van der Waals surface area contributed by atoms with E-state index in [-0.39, 0.29) is 18.1 Å². The van der Waals surface area contributed by atoms with E-state index in [1.807, 2.05) is 12.1 Å². The van der Waals surface area contributed by atoms with E-state index < -0.39 is 6.17 Å². The first-order chi connectivity index (χ1) is 10.1. The van der Waals surface area contributed by atoms with Crippen molar-refractivity contribution in [2.75, 3.05) is 7.05 Å². The van der Waals surface area contributed by atoms with Crippen molar-refractivity contribution in [1.29, 1.82) is 0 Å². The molecule has 2 aromatic rings. The predicted octanol–water partition coefficient (Wildman–Crippen LogP) is 1.00. The van der Waals surface area contributed by atoms with Crippen molar-refractivity contribution in [3.63, 3.8) is 0 Å². The van der Waals surface area contributed by atoms with Gasteiger partial charge < -0.3 is 5.32 Å². The standard InChI is InChI=1S/C12H14FIN6O/c1-15-12(21)10-7-20(19-17-10)6-8(13)2-3-9-4-5-11(14)18-16-9/h4-5,7-8H,2-3,6H2,1H3,(H,15,21). The third-order valence-electron chi connectivity index (χ3n) is 2.78. The van der Waals surface area contributed by atoms with Crippen LogP contribution in [0.15, 0.2) is 18.3 Å². The molecular formula is C12H14FIN6O. The molecule has 1 N–H and O–H groups in total. The highest BCUT2D eigenvalue weighted by molar-refractivity contribution is 14.1. The number of hydrogen-bond acceptors (Lipinski definition) is 5. The highest BCUT2D eigenvalue weighted by Crippen LogP contribution is 2.08. The van der Waals surface area contributed by atoms with E-state index in [1.165, 1.54) is 17.9 Å². The van der Waals surface area contributed by atoms with Crippen LogP contribution in [-0.2, 0) is 13.0 Å². The normalized spacial score (nSPS) is 12.1. The lowest BCUT2D eigenvalue weighted by Gasteiger charge is -2.07. The first-order valence-corrected chi connectivity index (χ1v) is 7.40. The van der Waals surface area contributed by atoms with Gasteiger partial charge >= 0.3 is 0 Å². The van der Waals surface area contributed by atoms with Crippen LogP contribution in [0.1, 0.15) is 22.6 Å². The summed E-state index contributed by atoms with van der Waals surface area (Å²) in [6.45, 7) is 0.0573. The molecule has 21 heavy (non-hydrogen) atoms. The predicted molar refractivity (Wildman–Crippen MR) is 81.4 cm³/mol. The van der Waals surface area contributed by atoms with Crippen LogP contribution in [0.4, 0.5) is 4.39 Å². The van der Waals surface area contributed by atoms with Gasteiger partial charge in [0.25, 0.3) is 5.91 Å². The first kappa shape index (κ1) is 15.7. The molecule has 112 valence electrons. The lowest BCUT2D eigenvalue weighted by atomic mass is 10.1. The highest BCUT2D eigenvalue weighted by Gasteiger charge is 2.13. The van der Waals surface area contributed by atoms with Crippen LogP contribution in [0.5, 0.6) is 0 Å². The molecule has 0 radical (unpaired) electrons. The third kappa shape index (κ3) is 4.69. The van der Waals surface area contributed by atoms with Crippen LogP contribution < -0.4 is 5.32 Å². The van der Waals surface area contributed by atoms with Gasteiger partial charge in [0, 0.05) is 7.05 Å². The van der Waals surface area contributed by atoms with Crippen molar-refractivity contribution in [2.45, 2.75) is 25.6 Å². The molecule has 2 aromatic heterocycles. The number of aryl methyl sites for hydroxylation is 1. The van der Waals surface area contributed by atoms with Crippen molar-refractivity contribution in [1.82, 2.24) is 30.5 Å². The number of halogens is 2. The van der Waals surface area contributed by atoms with Crippen LogP contribution in [-0.4, -0.2) is 44.3 Å².